The molecule has 33 heavy (non-hydrogen) atoms. The SMILES string of the molecule is NC(=O)C1CCN(c2nc(-c3ccccc3-c3ccccc3)cs2)CC1.O=C(O)C(F)(F)F. The number of hydrogen-bond acceptors (Lipinski definition) is 5. The molecule has 1 fully saturated rings. The number of carbonyl (C=O) groups is 2. The summed E-state index contributed by atoms with van der Waals surface area (Å²) in [5.74, 6) is -2.93. The van der Waals surface area contributed by atoms with E-state index in [1.807, 2.05) is 6.07 Å². The molecule has 1 aliphatic heterocycles. The molecule has 3 N–H and O–H groups in total. The first kappa shape index (κ1) is 24.2. The summed E-state index contributed by atoms with van der Waals surface area (Å²) in [5, 5.41) is 10.3. The van der Waals surface area contributed by atoms with Crippen molar-refractivity contribution in [3.05, 3.63) is 60.0 Å². The molecular weight excluding hydrogens is 455 g/mol. The van der Waals surface area contributed by atoms with Crippen molar-refractivity contribution < 1.29 is 27.9 Å². The molecule has 1 saturated heterocycles. The Labute approximate surface area is 192 Å². The molecule has 0 radical (unpaired) electrons. The molecule has 0 spiro atoms. The maximum absolute atomic E-state index is 11.3. The number of carbonyl (C=O) groups excluding carboxylic acids is 1. The molecular formula is C23H22F3N3O3S. The van der Waals surface area contributed by atoms with E-state index in [9.17, 15) is 18.0 Å². The largest absolute Gasteiger partial charge is 0.490 e. The van der Waals surface area contributed by atoms with E-state index in [2.05, 4.69) is 58.8 Å². The van der Waals surface area contributed by atoms with Gasteiger partial charge >= 0.3 is 12.1 Å². The molecule has 0 bridgehead atoms. The molecule has 6 nitrogen and oxygen atoms in total. The predicted molar refractivity (Wildman–Crippen MR) is 121 cm³/mol. The summed E-state index contributed by atoms with van der Waals surface area (Å²) < 4.78 is 31.7. The fourth-order valence-electron chi connectivity index (χ4n) is 3.46. The molecule has 174 valence electrons. The van der Waals surface area contributed by atoms with Gasteiger partial charge in [-0.1, -0.05) is 54.6 Å². The summed E-state index contributed by atoms with van der Waals surface area (Å²) in [4.78, 5) is 27.4. The van der Waals surface area contributed by atoms with Crippen LogP contribution < -0.4 is 10.6 Å². The molecule has 2 aromatic carbocycles. The van der Waals surface area contributed by atoms with Crippen LogP contribution in [0.4, 0.5) is 18.3 Å². The van der Waals surface area contributed by atoms with Crippen molar-refractivity contribution >= 4 is 28.3 Å². The maximum Gasteiger partial charge on any atom is 0.490 e. The number of halogens is 3. The van der Waals surface area contributed by atoms with E-state index in [0.29, 0.717) is 0 Å². The van der Waals surface area contributed by atoms with Gasteiger partial charge in [-0.15, -0.1) is 11.3 Å². The van der Waals surface area contributed by atoms with Gasteiger partial charge in [-0.2, -0.15) is 13.2 Å². The van der Waals surface area contributed by atoms with Crippen molar-refractivity contribution in [2.75, 3.05) is 18.0 Å². The molecule has 10 heteroatoms. The van der Waals surface area contributed by atoms with Crippen LogP contribution in [0.15, 0.2) is 60.0 Å². The Bertz CT molecular complexity index is 1090. The Morgan fingerprint density at radius 1 is 1.00 bits per heavy atom. The molecule has 0 aliphatic carbocycles. The topological polar surface area (TPSA) is 96.5 Å². The van der Waals surface area contributed by atoms with Crippen molar-refractivity contribution in [1.29, 1.82) is 0 Å². The quantitative estimate of drug-likeness (QED) is 0.562. The van der Waals surface area contributed by atoms with Gasteiger partial charge in [0.25, 0.3) is 0 Å². The first-order valence-electron chi connectivity index (χ1n) is 10.1. The number of amides is 1. The number of aromatic nitrogens is 1. The highest BCUT2D eigenvalue weighted by molar-refractivity contribution is 7.14. The highest BCUT2D eigenvalue weighted by Gasteiger charge is 2.38. The van der Waals surface area contributed by atoms with Crippen LogP contribution in [0.3, 0.4) is 0 Å². The van der Waals surface area contributed by atoms with E-state index in [1.165, 1.54) is 11.1 Å². The van der Waals surface area contributed by atoms with E-state index in [0.717, 1.165) is 42.3 Å². The Kier molecular flexibility index (Phi) is 7.70. The van der Waals surface area contributed by atoms with Crippen LogP contribution in [0.2, 0.25) is 0 Å². The third-order valence-corrected chi connectivity index (χ3v) is 6.09. The van der Waals surface area contributed by atoms with Gasteiger partial charge in [-0.05, 0) is 24.0 Å². The van der Waals surface area contributed by atoms with Crippen LogP contribution in [-0.4, -0.2) is 41.2 Å². The molecule has 1 aromatic heterocycles. The number of piperidine rings is 1. The van der Waals surface area contributed by atoms with Crippen LogP contribution >= 0.6 is 11.3 Å². The standard InChI is InChI=1S/C21H21N3OS.C2HF3O2/c22-20(25)16-10-12-24(13-11-16)21-23-19(14-26-21)18-9-5-4-8-17(18)15-6-2-1-3-7-15;3-2(4,5)1(6)7/h1-9,14,16H,10-13H2,(H2,22,25);(H,6,7). The van der Waals surface area contributed by atoms with Crippen LogP contribution in [0.25, 0.3) is 22.4 Å². The van der Waals surface area contributed by atoms with Gasteiger partial charge in [-0.25, -0.2) is 9.78 Å². The second kappa shape index (κ2) is 10.5. The predicted octanol–water partition coefficient (Wildman–Crippen LogP) is 4.81. The number of carboxylic acid groups (broad SMARTS) is 1. The zero-order valence-corrected chi connectivity index (χ0v) is 18.3. The fourth-order valence-corrected chi connectivity index (χ4v) is 4.34. The summed E-state index contributed by atoms with van der Waals surface area (Å²) in [7, 11) is 0. The summed E-state index contributed by atoms with van der Waals surface area (Å²) in [6.45, 7) is 1.67. The zero-order valence-electron chi connectivity index (χ0n) is 17.5. The van der Waals surface area contributed by atoms with Crippen molar-refractivity contribution in [3.8, 4) is 22.4 Å². The van der Waals surface area contributed by atoms with Gasteiger partial charge in [0.15, 0.2) is 5.13 Å². The molecule has 0 atom stereocenters. The van der Waals surface area contributed by atoms with Crippen LogP contribution in [-0.2, 0) is 9.59 Å². The van der Waals surface area contributed by atoms with Crippen molar-refractivity contribution in [3.63, 3.8) is 0 Å². The fraction of sp³-hybridized carbons (Fsp3) is 0.261. The van der Waals surface area contributed by atoms with Gasteiger partial charge < -0.3 is 15.7 Å². The average Bonchev–Trinajstić information content (AvgIpc) is 3.30. The Hall–Kier alpha value is -3.40. The van der Waals surface area contributed by atoms with Crippen molar-refractivity contribution in [2.24, 2.45) is 11.7 Å². The van der Waals surface area contributed by atoms with Crippen molar-refractivity contribution in [2.45, 2.75) is 19.0 Å². The summed E-state index contributed by atoms with van der Waals surface area (Å²) in [6.07, 6.45) is -3.46. The number of primary amides is 1. The molecule has 0 saturated carbocycles. The molecule has 1 amide bonds. The lowest BCUT2D eigenvalue weighted by Crippen LogP contribution is -2.38. The molecule has 4 rings (SSSR count). The Morgan fingerprint density at radius 3 is 2.09 bits per heavy atom. The average molecular weight is 478 g/mol. The van der Waals surface area contributed by atoms with E-state index in [-0.39, 0.29) is 11.8 Å². The van der Waals surface area contributed by atoms with E-state index < -0.39 is 12.1 Å². The Morgan fingerprint density at radius 2 is 1.55 bits per heavy atom. The van der Waals surface area contributed by atoms with Gasteiger partial charge in [0.05, 0.1) is 5.69 Å². The Balaban J connectivity index is 0.000000383. The normalized spacial score (nSPS) is 14.3. The first-order valence-corrected chi connectivity index (χ1v) is 11.0. The van der Waals surface area contributed by atoms with Gasteiger partial charge in [0.1, 0.15) is 0 Å². The number of thiazole rings is 1. The second-order valence-corrected chi connectivity index (χ2v) is 8.23. The lowest BCUT2D eigenvalue weighted by Gasteiger charge is -2.30. The first-order chi connectivity index (χ1) is 15.7. The number of nitrogens with two attached hydrogens (primary N) is 1. The number of anilines is 1. The maximum atomic E-state index is 11.3. The van der Waals surface area contributed by atoms with E-state index >= 15 is 0 Å². The van der Waals surface area contributed by atoms with E-state index in [4.69, 9.17) is 20.6 Å². The number of rotatable bonds is 4. The number of nitrogens with zero attached hydrogens (tertiary/aromatic N) is 2. The summed E-state index contributed by atoms with van der Waals surface area (Å²) in [5.41, 5.74) is 9.97. The van der Waals surface area contributed by atoms with Crippen LogP contribution in [0.5, 0.6) is 0 Å². The van der Waals surface area contributed by atoms with Crippen LogP contribution in [0, 0.1) is 5.92 Å². The number of hydrogen-bond donors (Lipinski definition) is 2. The van der Waals surface area contributed by atoms with Gasteiger partial charge in [-0.3, -0.25) is 4.79 Å². The third-order valence-electron chi connectivity index (χ3n) is 5.19. The monoisotopic (exact) mass is 477 g/mol. The lowest BCUT2D eigenvalue weighted by molar-refractivity contribution is -0.192. The smallest absolute Gasteiger partial charge is 0.475 e. The number of benzene rings is 2. The highest BCUT2D eigenvalue weighted by Crippen LogP contribution is 2.35. The highest BCUT2D eigenvalue weighted by atomic mass is 32.1. The second-order valence-electron chi connectivity index (χ2n) is 7.39. The third kappa shape index (κ3) is 6.32. The van der Waals surface area contributed by atoms with Crippen LogP contribution in [0.1, 0.15) is 12.8 Å². The van der Waals surface area contributed by atoms with E-state index in [1.54, 1.807) is 11.3 Å². The lowest BCUT2D eigenvalue weighted by atomic mass is 9.97. The molecule has 2 heterocycles. The minimum absolute atomic E-state index is 0.00416. The minimum Gasteiger partial charge on any atom is -0.475 e. The number of alkyl halides is 3. The number of aliphatic carboxylic acids is 1. The van der Waals surface area contributed by atoms with Gasteiger partial charge in [0.2, 0.25) is 5.91 Å². The number of carboxylic acids is 1. The van der Waals surface area contributed by atoms with Crippen molar-refractivity contribution in [1.82, 2.24) is 4.98 Å². The summed E-state index contributed by atoms with van der Waals surface area (Å²) in [6, 6.07) is 18.8. The van der Waals surface area contributed by atoms with Gasteiger partial charge in [0, 0.05) is 30.0 Å². The molecule has 1 aliphatic rings. The molecule has 0 unspecified atom stereocenters. The molecule has 3 aromatic rings. The summed E-state index contributed by atoms with van der Waals surface area (Å²) >= 11 is 1.66. The zero-order chi connectivity index (χ0) is 24.0. The minimum atomic E-state index is -5.08.